The predicted octanol–water partition coefficient (Wildman–Crippen LogP) is 3.74. The van der Waals surface area contributed by atoms with E-state index >= 15 is 0 Å². The maximum absolute atomic E-state index is 13.2. The molecule has 17 heavy (non-hydrogen) atoms. The largest absolute Gasteiger partial charge is 0.340 e. The number of halogens is 2. The summed E-state index contributed by atoms with van der Waals surface area (Å²) in [5.41, 5.74) is 1.53. The van der Waals surface area contributed by atoms with Gasteiger partial charge in [-0.15, -0.1) is 0 Å². The first kappa shape index (κ1) is 12.0. The number of hydrogen-bond acceptors (Lipinski definition) is 3. The minimum absolute atomic E-state index is 0.266. The summed E-state index contributed by atoms with van der Waals surface area (Å²) in [7, 11) is 0. The molecule has 0 saturated heterocycles. The van der Waals surface area contributed by atoms with Crippen molar-refractivity contribution < 1.29 is 4.39 Å². The summed E-state index contributed by atoms with van der Waals surface area (Å²) in [6, 6.07) is 6.51. The number of nitrogens with zero attached hydrogens (tertiary/aromatic N) is 2. The fourth-order valence-corrected chi connectivity index (χ4v) is 2.03. The van der Waals surface area contributed by atoms with Gasteiger partial charge in [0.15, 0.2) is 0 Å². The molecule has 1 aromatic carbocycles. The van der Waals surface area contributed by atoms with Gasteiger partial charge in [0.25, 0.3) is 0 Å². The summed E-state index contributed by atoms with van der Waals surface area (Å²) in [5, 5.41) is 3.05. The average molecular weight is 296 g/mol. The highest BCUT2D eigenvalue weighted by molar-refractivity contribution is 9.10. The molecular formula is C12H11BrFN3. The molecule has 0 saturated carbocycles. The summed E-state index contributed by atoms with van der Waals surface area (Å²) in [6.07, 6.45) is 0. The lowest BCUT2D eigenvalue weighted by molar-refractivity contribution is 0.627. The summed E-state index contributed by atoms with van der Waals surface area (Å²) in [5.74, 6) is 1.02. The van der Waals surface area contributed by atoms with Gasteiger partial charge >= 0.3 is 0 Å². The first-order valence-corrected chi connectivity index (χ1v) is 5.87. The molecule has 0 aliphatic carbocycles. The number of nitrogens with one attached hydrogen (secondary N) is 1. The molecule has 88 valence electrons. The zero-order valence-corrected chi connectivity index (χ0v) is 11.0. The number of benzene rings is 1. The van der Waals surface area contributed by atoms with Crippen LogP contribution in [0.15, 0.2) is 28.9 Å². The van der Waals surface area contributed by atoms with Gasteiger partial charge in [-0.05, 0) is 53.5 Å². The second kappa shape index (κ2) is 4.79. The molecule has 3 nitrogen and oxygen atoms in total. The normalized spacial score (nSPS) is 10.4. The van der Waals surface area contributed by atoms with Gasteiger partial charge in [-0.25, -0.2) is 14.4 Å². The summed E-state index contributed by atoms with van der Waals surface area (Å²) >= 11 is 3.29. The van der Waals surface area contributed by atoms with Gasteiger partial charge in [0.05, 0.1) is 0 Å². The van der Waals surface area contributed by atoms with Gasteiger partial charge in [0, 0.05) is 11.8 Å². The Hall–Kier alpha value is -1.49. The van der Waals surface area contributed by atoms with Crippen molar-refractivity contribution in [1.29, 1.82) is 0 Å². The molecule has 0 atom stereocenters. The van der Waals surface area contributed by atoms with E-state index in [0.717, 1.165) is 5.56 Å². The van der Waals surface area contributed by atoms with Gasteiger partial charge in [-0.2, -0.15) is 0 Å². The Morgan fingerprint density at radius 3 is 2.53 bits per heavy atom. The van der Waals surface area contributed by atoms with Crippen molar-refractivity contribution in [3.8, 4) is 0 Å². The fraction of sp³-hybridized carbons (Fsp3) is 0.167. The van der Waals surface area contributed by atoms with Gasteiger partial charge in [0.1, 0.15) is 22.1 Å². The van der Waals surface area contributed by atoms with Crippen LogP contribution in [-0.4, -0.2) is 9.97 Å². The fourth-order valence-electron chi connectivity index (χ4n) is 1.55. The lowest BCUT2D eigenvalue weighted by Gasteiger charge is -2.07. The van der Waals surface area contributed by atoms with Crippen LogP contribution < -0.4 is 5.32 Å². The van der Waals surface area contributed by atoms with Gasteiger partial charge in [-0.1, -0.05) is 0 Å². The molecule has 1 N–H and O–H groups in total. The monoisotopic (exact) mass is 295 g/mol. The Bertz CT molecular complexity index is 467. The number of aryl methyl sites for hydroxylation is 2. The van der Waals surface area contributed by atoms with Crippen molar-refractivity contribution in [2.45, 2.75) is 13.8 Å². The summed E-state index contributed by atoms with van der Waals surface area (Å²) in [6.45, 7) is 3.64. The summed E-state index contributed by atoms with van der Waals surface area (Å²) < 4.78 is 13.9. The Labute approximate surface area is 107 Å². The molecule has 0 amide bonds. The molecule has 0 aliphatic rings. The lowest BCUT2D eigenvalue weighted by atomic mass is 10.2. The summed E-state index contributed by atoms with van der Waals surface area (Å²) in [4.78, 5) is 8.32. The van der Waals surface area contributed by atoms with E-state index in [2.05, 4.69) is 31.2 Å². The Balaban J connectivity index is 2.31. The third kappa shape index (κ3) is 3.23. The Morgan fingerprint density at radius 1 is 1.12 bits per heavy atom. The molecule has 5 heteroatoms. The van der Waals surface area contributed by atoms with Crippen molar-refractivity contribution in [3.63, 3.8) is 0 Å². The lowest BCUT2D eigenvalue weighted by Crippen LogP contribution is -1.98. The molecule has 1 aromatic heterocycles. The smallest absolute Gasteiger partial charge is 0.135 e. The molecule has 0 radical (unpaired) electrons. The van der Waals surface area contributed by atoms with Crippen LogP contribution >= 0.6 is 15.9 Å². The highest BCUT2D eigenvalue weighted by Gasteiger charge is 2.02. The zero-order chi connectivity index (χ0) is 12.4. The zero-order valence-electron chi connectivity index (χ0n) is 9.46. The van der Waals surface area contributed by atoms with Crippen LogP contribution in [0.25, 0.3) is 0 Å². The van der Waals surface area contributed by atoms with E-state index in [1.165, 1.54) is 12.1 Å². The van der Waals surface area contributed by atoms with E-state index < -0.39 is 0 Å². The number of rotatable bonds is 2. The van der Waals surface area contributed by atoms with E-state index in [-0.39, 0.29) is 5.82 Å². The van der Waals surface area contributed by atoms with Crippen molar-refractivity contribution in [2.75, 3.05) is 5.32 Å². The topological polar surface area (TPSA) is 37.8 Å². The average Bonchev–Trinajstić information content (AvgIpc) is 2.13. The van der Waals surface area contributed by atoms with Crippen molar-refractivity contribution >= 4 is 27.4 Å². The predicted molar refractivity (Wildman–Crippen MR) is 68.9 cm³/mol. The molecule has 2 rings (SSSR count). The van der Waals surface area contributed by atoms with Crippen LogP contribution in [0.2, 0.25) is 0 Å². The van der Waals surface area contributed by atoms with Crippen molar-refractivity contribution in [3.05, 3.63) is 46.1 Å². The highest BCUT2D eigenvalue weighted by Crippen LogP contribution is 2.19. The molecular weight excluding hydrogens is 285 g/mol. The standard InChI is InChI=1S/C12H11BrFN3/c1-7-3-9(14)5-10(4-7)17-12-6-11(13)15-8(2)16-12/h3-6H,1-2H3,(H,15,16,17). The molecule has 2 aromatic rings. The molecule has 0 bridgehead atoms. The van der Waals surface area contributed by atoms with Crippen molar-refractivity contribution in [2.24, 2.45) is 0 Å². The minimum Gasteiger partial charge on any atom is -0.340 e. The first-order valence-electron chi connectivity index (χ1n) is 5.08. The highest BCUT2D eigenvalue weighted by atomic mass is 79.9. The maximum Gasteiger partial charge on any atom is 0.135 e. The first-order chi connectivity index (χ1) is 8.02. The maximum atomic E-state index is 13.2. The second-order valence-electron chi connectivity index (χ2n) is 3.77. The van der Waals surface area contributed by atoms with E-state index in [1.807, 2.05) is 13.0 Å². The van der Waals surface area contributed by atoms with Crippen LogP contribution in [0, 0.1) is 19.7 Å². The van der Waals surface area contributed by atoms with E-state index in [0.29, 0.717) is 21.9 Å². The molecule has 0 fully saturated rings. The molecule has 1 heterocycles. The van der Waals surface area contributed by atoms with E-state index in [9.17, 15) is 4.39 Å². The number of aromatic nitrogens is 2. The number of hydrogen-bond donors (Lipinski definition) is 1. The Morgan fingerprint density at radius 2 is 1.88 bits per heavy atom. The number of anilines is 2. The van der Waals surface area contributed by atoms with Crippen LogP contribution in [0.4, 0.5) is 15.9 Å². The minimum atomic E-state index is -0.266. The Kier molecular flexibility index (Phi) is 3.38. The molecule has 0 aliphatic heterocycles. The van der Waals surface area contributed by atoms with Crippen LogP contribution in [0.3, 0.4) is 0 Å². The quantitative estimate of drug-likeness (QED) is 0.858. The van der Waals surface area contributed by atoms with Gasteiger partial charge in [0.2, 0.25) is 0 Å². The van der Waals surface area contributed by atoms with Crippen LogP contribution in [-0.2, 0) is 0 Å². The van der Waals surface area contributed by atoms with Crippen molar-refractivity contribution in [1.82, 2.24) is 9.97 Å². The second-order valence-corrected chi connectivity index (χ2v) is 4.58. The van der Waals surface area contributed by atoms with Crippen LogP contribution in [0.5, 0.6) is 0 Å². The van der Waals surface area contributed by atoms with Crippen LogP contribution in [0.1, 0.15) is 11.4 Å². The van der Waals surface area contributed by atoms with Gasteiger partial charge < -0.3 is 5.32 Å². The molecule has 0 spiro atoms. The van der Waals surface area contributed by atoms with E-state index in [1.54, 1.807) is 13.0 Å². The SMILES string of the molecule is Cc1cc(F)cc(Nc2cc(Br)nc(C)n2)c1. The third-order valence-electron chi connectivity index (χ3n) is 2.12. The molecule has 0 unspecified atom stereocenters. The van der Waals surface area contributed by atoms with Gasteiger partial charge in [-0.3, -0.25) is 0 Å². The van der Waals surface area contributed by atoms with E-state index in [4.69, 9.17) is 0 Å². The third-order valence-corrected chi connectivity index (χ3v) is 2.53.